The van der Waals surface area contributed by atoms with Crippen molar-refractivity contribution in [2.75, 3.05) is 33.9 Å². The summed E-state index contributed by atoms with van der Waals surface area (Å²) in [6.45, 7) is 3.13. The van der Waals surface area contributed by atoms with E-state index in [2.05, 4.69) is 10.6 Å². The fourth-order valence-corrected chi connectivity index (χ4v) is 5.59. The molecular formula is C20H31N3O5S. The number of hydrogen-bond donors (Lipinski definition) is 2. The molecule has 162 valence electrons. The molecule has 1 heterocycles. The number of nitrogens with one attached hydrogen (secondary N) is 2. The van der Waals surface area contributed by atoms with Gasteiger partial charge in [0.2, 0.25) is 10.0 Å². The van der Waals surface area contributed by atoms with Crippen LogP contribution in [-0.4, -0.2) is 58.1 Å². The molecule has 2 fully saturated rings. The van der Waals surface area contributed by atoms with Gasteiger partial charge in [0.15, 0.2) is 0 Å². The lowest BCUT2D eigenvalue weighted by molar-refractivity contribution is 0.169. The number of ether oxygens (including phenoxy) is 2. The van der Waals surface area contributed by atoms with Gasteiger partial charge in [-0.2, -0.15) is 4.31 Å². The van der Waals surface area contributed by atoms with E-state index >= 15 is 0 Å². The van der Waals surface area contributed by atoms with Gasteiger partial charge in [0.1, 0.15) is 16.4 Å². The van der Waals surface area contributed by atoms with Gasteiger partial charge in [0.05, 0.1) is 14.2 Å². The van der Waals surface area contributed by atoms with Crippen molar-refractivity contribution in [3.8, 4) is 11.5 Å². The molecule has 3 rings (SSSR count). The average molecular weight is 426 g/mol. The largest absolute Gasteiger partial charge is 0.497 e. The zero-order valence-corrected chi connectivity index (χ0v) is 18.2. The van der Waals surface area contributed by atoms with Gasteiger partial charge >= 0.3 is 6.03 Å². The number of benzene rings is 1. The fraction of sp³-hybridized carbons (Fsp3) is 0.650. The monoisotopic (exact) mass is 425 g/mol. The van der Waals surface area contributed by atoms with Crippen LogP contribution in [0.5, 0.6) is 11.5 Å². The van der Waals surface area contributed by atoms with Gasteiger partial charge in [-0.3, -0.25) is 0 Å². The van der Waals surface area contributed by atoms with E-state index in [4.69, 9.17) is 9.47 Å². The molecule has 8 nitrogen and oxygen atoms in total. The molecule has 2 aliphatic rings. The van der Waals surface area contributed by atoms with Crippen molar-refractivity contribution in [2.24, 2.45) is 5.92 Å². The Morgan fingerprint density at radius 3 is 2.45 bits per heavy atom. The Balaban J connectivity index is 1.78. The van der Waals surface area contributed by atoms with E-state index in [-0.39, 0.29) is 16.5 Å². The van der Waals surface area contributed by atoms with Gasteiger partial charge in [-0.15, -0.1) is 0 Å². The number of rotatable bonds is 8. The van der Waals surface area contributed by atoms with Crippen molar-refractivity contribution in [2.45, 2.75) is 49.5 Å². The van der Waals surface area contributed by atoms with Crippen LogP contribution in [0.25, 0.3) is 0 Å². The van der Waals surface area contributed by atoms with Crippen LogP contribution in [0.4, 0.5) is 4.79 Å². The summed E-state index contributed by atoms with van der Waals surface area (Å²) < 4.78 is 38.5. The molecule has 1 aliphatic carbocycles. The van der Waals surface area contributed by atoms with Crippen molar-refractivity contribution in [1.29, 1.82) is 0 Å². The van der Waals surface area contributed by atoms with Crippen molar-refractivity contribution < 1.29 is 22.7 Å². The highest BCUT2D eigenvalue weighted by Crippen LogP contribution is 2.41. The summed E-state index contributed by atoms with van der Waals surface area (Å²) in [4.78, 5) is 12.3. The molecule has 29 heavy (non-hydrogen) atoms. The maximum atomic E-state index is 13.3. The Morgan fingerprint density at radius 1 is 1.21 bits per heavy atom. The maximum absolute atomic E-state index is 13.3. The third-order valence-corrected chi connectivity index (χ3v) is 7.68. The fourth-order valence-electron chi connectivity index (χ4n) is 3.98. The molecule has 1 saturated heterocycles. The molecule has 0 atom stereocenters. The van der Waals surface area contributed by atoms with E-state index in [1.807, 2.05) is 6.92 Å². The summed E-state index contributed by atoms with van der Waals surface area (Å²) in [5.41, 5.74) is -0.356. The highest BCUT2D eigenvalue weighted by Gasteiger charge is 2.43. The number of urea groups is 1. The Kier molecular flexibility index (Phi) is 6.58. The normalized spacial score (nSPS) is 19.4. The predicted octanol–water partition coefficient (Wildman–Crippen LogP) is 2.35. The number of sulfonamides is 1. The first-order valence-corrected chi connectivity index (χ1v) is 11.6. The lowest BCUT2D eigenvalue weighted by atomic mass is 9.83. The number of piperidine rings is 1. The second-order valence-electron chi connectivity index (χ2n) is 7.83. The molecule has 2 amide bonds. The standard InChI is InChI=1S/C20H31N3O5S/c1-4-21-19(24)22-20(14-15-5-6-15)9-11-23(12-10-20)29(25,26)18-13-16(27-2)7-8-17(18)28-3/h7-8,13,15H,4-6,9-12,14H2,1-3H3,(H2,21,22,24). The van der Waals surface area contributed by atoms with Crippen molar-refractivity contribution in [1.82, 2.24) is 14.9 Å². The average Bonchev–Trinajstić information content (AvgIpc) is 3.51. The molecule has 0 unspecified atom stereocenters. The molecule has 0 radical (unpaired) electrons. The van der Waals surface area contributed by atoms with Gasteiger partial charge in [-0.25, -0.2) is 13.2 Å². The Labute approximate surface area is 173 Å². The van der Waals surface area contributed by atoms with Gasteiger partial charge in [-0.1, -0.05) is 12.8 Å². The topological polar surface area (TPSA) is 97.0 Å². The van der Waals surface area contributed by atoms with Crippen LogP contribution in [0.1, 0.15) is 39.0 Å². The summed E-state index contributed by atoms with van der Waals surface area (Å²) in [6, 6.07) is 4.58. The highest BCUT2D eigenvalue weighted by molar-refractivity contribution is 7.89. The first kappa shape index (κ1) is 21.7. The molecule has 0 spiro atoms. The van der Waals surface area contributed by atoms with E-state index in [0.29, 0.717) is 49.9 Å². The Hall–Kier alpha value is -2.00. The minimum Gasteiger partial charge on any atom is -0.497 e. The summed E-state index contributed by atoms with van der Waals surface area (Å²) in [7, 11) is -0.788. The van der Waals surface area contributed by atoms with Crippen molar-refractivity contribution >= 4 is 16.1 Å². The first-order valence-electron chi connectivity index (χ1n) is 10.1. The van der Waals surface area contributed by atoms with E-state index < -0.39 is 10.0 Å². The SMILES string of the molecule is CCNC(=O)NC1(CC2CC2)CCN(S(=O)(=O)c2cc(OC)ccc2OC)CC1. The summed E-state index contributed by atoms with van der Waals surface area (Å²) in [6.07, 6.45) is 4.45. The quantitative estimate of drug-likeness (QED) is 0.666. The number of carbonyl (C=O) groups is 1. The lowest BCUT2D eigenvalue weighted by Crippen LogP contribution is -2.58. The van der Waals surface area contributed by atoms with Crippen LogP contribution in [0.3, 0.4) is 0 Å². The van der Waals surface area contributed by atoms with Crippen molar-refractivity contribution in [3.63, 3.8) is 0 Å². The van der Waals surface area contributed by atoms with Crippen LogP contribution >= 0.6 is 0 Å². The van der Waals surface area contributed by atoms with Crippen LogP contribution < -0.4 is 20.1 Å². The summed E-state index contributed by atoms with van der Waals surface area (Å²) >= 11 is 0. The van der Waals surface area contributed by atoms with Crippen LogP contribution in [0, 0.1) is 5.92 Å². The number of nitrogens with zero attached hydrogens (tertiary/aromatic N) is 1. The molecule has 2 N–H and O–H groups in total. The number of methoxy groups -OCH3 is 2. The number of carbonyl (C=O) groups excluding carboxylic acids is 1. The zero-order chi connectivity index (χ0) is 21.1. The molecule has 1 aromatic carbocycles. The molecule has 1 aromatic rings. The van der Waals surface area contributed by atoms with E-state index in [1.165, 1.54) is 37.4 Å². The second kappa shape index (κ2) is 8.79. The summed E-state index contributed by atoms with van der Waals surface area (Å²) in [5, 5.41) is 5.93. The van der Waals surface area contributed by atoms with Crippen LogP contribution in [-0.2, 0) is 10.0 Å². The van der Waals surface area contributed by atoms with Gasteiger partial charge in [0, 0.05) is 31.2 Å². The van der Waals surface area contributed by atoms with Crippen LogP contribution in [0.15, 0.2) is 23.1 Å². The van der Waals surface area contributed by atoms with E-state index in [9.17, 15) is 13.2 Å². The third kappa shape index (κ3) is 4.95. The van der Waals surface area contributed by atoms with Crippen LogP contribution in [0.2, 0.25) is 0 Å². The number of hydrogen-bond acceptors (Lipinski definition) is 5. The van der Waals surface area contributed by atoms with Gasteiger partial charge < -0.3 is 20.1 Å². The van der Waals surface area contributed by atoms with Crippen molar-refractivity contribution in [3.05, 3.63) is 18.2 Å². The molecular weight excluding hydrogens is 394 g/mol. The third-order valence-electron chi connectivity index (χ3n) is 5.76. The Morgan fingerprint density at radius 2 is 1.90 bits per heavy atom. The molecule has 0 bridgehead atoms. The molecule has 9 heteroatoms. The van der Waals surface area contributed by atoms with Gasteiger partial charge in [-0.05, 0) is 44.2 Å². The summed E-state index contributed by atoms with van der Waals surface area (Å²) in [5.74, 6) is 1.38. The lowest BCUT2D eigenvalue weighted by Gasteiger charge is -2.42. The smallest absolute Gasteiger partial charge is 0.315 e. The van der Waals surface area contributed by atoms with E-state index in [1.54, 1.807) is 12.1 Å². The molecule has 0 aromatic heterocycles. The molecule has 1 aliphatic heterocycles. The number of amides is 2. The minimum atomic E-state index is -3.74. The second-order valence-corrected chi connectivity index (χ2v) is 9.74. The highest BCUT2D eigenvalue weighted by atomic mass is 32.2. The molecule has 1 saturated carbocycles. The van der Waals surface area contributed by atoms with E-state index in [0.717, 1.165) is 6.42 Å². The predicted molar refractivity (Wildman–Crippen MR) is 110 cm³/mol. The first-order chi connectivity index (χ1) is 13.8. The Bertz CT molecular complexity index is 831. The zero-order valence-electron chi connectivity index (χ0n) is 17.4. The van der Waals surface area contributed by atoms with Gasteiger partial charge in [0.25, 0.3) is 0 Å². The maximum Gasteiger partial charge on any atom is 0.315 e. The minimum absolute atomic E-state index is 0.103.